The Morgan fingerprint density at radius 2 is 1.95 bits per heavy atom. The van der Waals surface area contributed by atoms with Crippen LogP contribution in [-0.2, 0) is 10.2 Å². The molecule has 1 amide bonds. The topological polar surface area (TPSA) is 32.3 Å². The molecule has 1 fully saturated rings. The molecule has 1 N–H and O–H groups in total. The third kappa shape index (κ3) is 3.53. The van der Waals surface area contributed by atoms with E-state index < -0.39 is 0 Å². The van der Waals surface area contributed by atoms with Crippen molar-refractivity contribution in [3.63, 3.8) is 0 Å². The first-order chi connectivity index (χ1) is 9.43. The van der Waals surface area contributed by atoms with Gasteiger partial charge in [0.25, 0.3) is 0 Å². The Balaban J connectivity index is 2.02. The second-order valence-corrected chi connectivity index (χ2v) is 6.56. The zero-order valence-electron chi connectivity index (χ0n) is 13.1. The van der Waals surface area contributed by atoms with Crippen LogP contribution in [0, 0.1) is 0 Å². The number of likely N-dealkylation sites (N-methyl/N-ethyl adjacent to an activating group) is 1. The van der Waals surface area contributed by atoms with Gasteiger partial charge in [-0.2, -0.15) is 0 Å². The van der Waals surface area contributed by atoms with E-state index in [1.807, 2.05) is 11.0 Å². The van der Waals surface area contributed by atoms with Crippen LogP contribution >= 0.6 is 0 Å². The average Bonchev–Trinajstić information content (AvgIpc) is 3.21. The van der Waals surface area contributed by atoms with Crippen molar-refractivity contribution in [2.75, 3.05) is 18.4 Å². The van der Waals surface area contributed by atoms with Gasteiger partial charge < -0.3 is 10.2 Å². The van der Waals surface area contributed by atoms with Gasteiger partial charge in [-0.3, -0.25) is 4.79 Å². The number of rotatable bonds is 5. The fourth-order valence-electron chi connectivity index (χ4n) is 2.59. The van der Waals surface area contributed by atoms with Crippen molar-refractivity contribution in [1.82, 2.24) is 4.90 Å². The van der Waals surface area contributed by atoms with Gasteiger partial charge in [0, 0.05) is 18.3 Å². The largest absolute Gasteiger partial charge is 0.376 e. The lowest BCUT2D eigenvalue weighted by Crippen LogP contribution is -2.37. The predicted molar refractivity (Wildman–Crippen MR) is 84.0 cm³/mol. The minimum atomic E-state index is 0.0770. The average molecular weight is 274 g/mol. The van der Waals surface area contributed by atoms with E-state index in [1.54, 1.807) is 0 Å². The normalized spacial score (nSPS) is 15.0. The molecule has 1 aromatic rings. The Hall–Kier alpha value is -1.51. The van der Waals surface area contributed by atoms with Crippen LogP contribution in [0.1, 0.15) is 46.1 Å². The van der Waals surface area contributed by atoms with Crippen LogP contribution in [0.25, 0.3) is 0 Å². The second kappa shape index (κ2) is 5.86. The molecule has 0 atom stereocenters. The molecule has 0 aliphatic heterocycles. The minimum Gasteiger partial charge on any atom is -0.376 e. The lowest BCUT2D eigenvalue weighted by molar-refractivity contribution is -0.129. The summed E-state index contributed by atoms with van der Waals surface area (Å²) in [6, 6.07) is 8.75. The van der Waals surface area contributed by atoms with Crippen molar-refractivity contribution < 1.29 is 4.79 Å². The molecule has 1 aliphatic rings. The predicted octanol–water partition coefficient (Wildman–Crippen LogP) is 3.41. The highest BCUT2D eigenvalue weighted by molar-refractivity contribution is 5.81. The molecule has 1 saturated carbocycles. The summed E-state index contributed by atoms with van der Waals surface area (Å²) in [5.74, 6) is 0.207. The van der Waals surface area contributed by atoms with Crippen molar-refractivity contribution in [1.29, 1.82) is 0 Å². The molecule has 0 heterocycles. The number of anilines is 1. The second-order valence-electron chi connectivity index (χ2n) is 6.56. The molecule has 1 aromatic carbocycles. The molecular formula is C17H26N2O. The molecule has 3 nitrogen and oxygen atoms in total. The molecule has 0 saturated heterocycles. The maximum Gasteiger partial charge on any atom is 0.242 e. The number of amides is 1. The summed E-state index contributed by atoms with van der Waals surface area (Å²) >= 11 is 0. The first-order valence-electron chi connectivity index (χ1n) is 7.56. The van der Waals surface area contributed by atoms with Gasteiger partial charge in [-0.25, -0.2) is 0 Å². The van der Waals surface area contributed by atoms with Crippen molar-refractivity contribution in [3.05, 3.63) is 29.8 Å². The Kier molecular flexibility index (Phi) is 4.36. The number of carbonyl (C=O) groups excluding carboxylic acids is 1. The van der Waals surface area contributed by atoms with E-state index >= 15 is 0 Å². The molecule has 110 valence electrons. The van der Waals surface area contributed by atoms with Crippen LogP contribution in [0.2, 0.25) is 0 Å². The summed E-state index contributed by atoms with van der Waals surface area (Å²) in [5.41, 5.74) is 2.40. The van der Waals surface area contributed by atoms with Gasteiger partial charge in [-0.15, -0.1) is 0 Å². The summed E-state index contributed by atoms with van der Waals surface area (Å²) < 4.78 is 0. The van der Waals surface area contributed by atoms with E-state index in [0.29, 0.717) is 12.6 Å². The van der Waals surface area contributed by atoms with Gasteiger partial charge in [0.2, 0.25) is 5.91 Å². The van der Waals surface area contributed by atoms with E-state index in [4.69, 9.17) is 0 Å². The quantitative estimate of drug-likeness (QED) is 0.892. The van der Waals surface area contributed by atoms with E-state index in [0.717, 1.165) is 25.1 Å². The van der Waals surface area contributed by atoms with Gasteiger partial charge in [-0.05, 0) is 36.8 Å². The fraction of sp³-hybridized carbons (Fsp3) is 0.588. The maximum atomic E-state index is 12.3. The third-order valence-corrected chi connectivity index (χ3v) is 3.81. The van der Waals surface area contributed by atoms with Crippen LogP contribution in [-0.4, -0.2) is 29.9 Å². The standard InChI is InChI=1S/C17H26N2O/c1-5-19(13-10-11-13)16(20)12-18-15-9-7-6-8-14(15)17(2,3)4/h6-9,13,18H,5,10-12H2,1-4H3. The van der Waals surface area contributed by atoms with Gasteiger partial charge >= 0.3 is 0 Å². The number of benzene rings is 1. The highest BCUT2D eigenvalue weighted by atomic mass is 16.2. The molecule has 0 bridgehead atoms. The summed E-state index contributed by atoms with van der Waals surface area (Å²) in [5, 5.41) is 3.33. The Morgan fingerprint density at radius 1 is 1.30 bits per heavy atom. The number of hydrogen-bond donors (Lipinski definition) is 1. The highest BCUT2D eigenvalue weighted by Crippen LogP contribution is 2.29. The van der Waals surface area contributed by atoms with Crippen LogP contribution < -0.4 is 5.32 Å². The molecule has 20 heavy (non-hydrogen) atoms. The van der Waals surface area contributed by atoms with Crippen molar-refractivity contribution in [2.45, 2.75) is 52.0 Å². The zero-order chi connectivity index (χ0) is 14.8. The number of nitrogens with one attached hydrogen (secondary N) is 1. The molecular weight excluding hydrogens is 248 g/mol. The van der Waals surface area contributed by atoms with Crippen molar-refractivity contribution in [2.24, 2.45) is 0 Å². The SMILES string of the molecule is CCN(C(=O)CNc1ccccc1C(C)(C)C)C1CC1. The van der Waals surface area contributed by atoms with Gasteiger partial charge in [0.1, 0.15) is 0 Å². The Bertz CT molecular complexity index is 472. The number of nitrogens with zero attached hydrogens (tertiary/aromatic N) is 1. The Morgan fingerprint density at radius 3 is 2.50 bits per heavy atom. The van der Waals surface area contributed by atoms with Gasteiger partial charge in [0.15, 0.2) is 0 Å². The smallest absolute Gasteiger partial charge is 0.242 e. The van der Waals surface area contributed by atoms with Crippen LogP contribution in [0.3, 0.4) is 0 Å². The molecule has 1 aliphatic carbocycles. The lowest BCUT2D eigenvalue weighted by atomic mass is 9.86. The molecule has 0 aromatic heterocycles. The van der Waals surface area contributed by atoms with E-state index in [9.17, 15) is 4.79 Å². The zero-order valence-corrected chi connectivity index (χ0v) is 13.1. The molecule has 3 heteroatoms. The van der Waals surface area contributed by atoms with Crippen molar-refractivity contribution >= 4 is 11.6 Å². The van der Waals surface area contributed by atoms with Crippen LogP contribution in [0.5, 0.6) is 0 Å². The molecule has 0 radical (unpaired) electrons. The van der Waals surface area contributed by atoms with Gasteiger partial charge in [-0.1, -0.05) is 39.0 Å². The first-order valence-corrected chi connectivity index (χ1v) is 7.56. The summed E-state index contributed by atoms with van der Waals surface area (Å²) in [4.78, 5) is 14.2. The number of carbonyl (C=O) groups is 1. The van der Waals surface area contributed by atoms with E-state index in [1.165, 1.54) is 5.56 Å². The van der Waals surface area contributed by atoms with E-state index in [-0.39, 0.29) is 11.3 Å². The Labute approximate surface area is 122 Å². The van der Waals surface area contributed by atoms with Crippen LogP contribution in [0.4, 0.5) is 5.69 Å². The number of hydrogen-bond acceptors (Lipinski definition) is 2. The lowest BCUT2D eigenvalue weighted by Gasteiger charge is -2.25. The molecule has 2 rings (SSSR count). The molecule has 0 spiro atoms. The first kappa shape index (κ1) is 14.9. The molecule has 0 unspecified atom stereocenters. The fourth-order valence-corrected chi connectivity index (χ4v) is 2.59. The minimum absolute atomic E-state index is 0.0770. The summed E-state index contributed by atoms with van der Waals surface area (Å²) in [6.45, 7) is 9.83. The monoisotopic (exact) mass is 274 g/mol. The highest BCUT2D eigenvalue weighted by Gasteiger charge is 2.31. The number of para-hydroxylation sites is 1. The van der Waals surface area contributed by atoms with Crippen LogP contribution in [0.15, 0.2) is 24.3 Å². The third-order valence-electron chi connectivity index (χ3n) is 3.81. The van der Waals surface area contributed by atoms with E-state index in [2.05, 4.69) is 51.2 Å². The van der Waals surface area contributed by atoms with Crippen molar-refractivity contribution in [3.8, 4) is 0 Å². The summed E-state index contributed by atoms with van der Waals surface area (Å²) in [7, 11) is 0. The van der Waals surface area contributed by atoms with Gasteiger partial charge in [0.05, 0.1) is 6.54 Å². The summed E-state index contributed by atoms with van der Waals surface area (Å²) in [6.07, 6.45) is 2.33. The maximum absolute atomic E-state index is 12.3.